The SMILES string of the molecule is [c]1cn(CCCCOCc2ccccc2)c2ccc(OCc3ccccc3)cc12. The van der Waals surface area contributed by atoms with Gasteiger partial charge in [0.05, 0.1) is 6.61 Å². The number of nitrogens with zero attached hydrogens (tertiary/aromatic N) is 1. The number of ether oxygens (including phenoxy) is 2. The number of unbranched alkanes of at least 4 members (excludes halogenated alkanes) is 1. The molecule has 0 aliphatic carbocycles. The van der Waals surface area contributed by atoms with Crippen LogP contribution >= 0.6 is 0 Å². The first-order chi connectivity index (χ1) is 14.4. The van der Waals surface area contributed by atoms with Crippen molar-refractivity contribution in [2.24, 2.45) is 0 Å². The second-order valence-electron chi connectivity index (χ2n) is 7.17. The second-order valence-corrected chi connectivity index (χ2v) is 7.17. The summed E-state index contributed by atoms with van der Waals surface area (Å²) in [6.45, 7) is 3.02. The highest BCUT2D eigenvalue weighted by molar-refractivity contribution is 5.81. The van der Waals surface area contributed by atoms with Crippen LogP contribution in [0.3, 0.4) is 0 Å². The first-order valence-electron chi connectivity index (χ1n) is 10.2. The van der Waals surface area contributed by atoms with Crippen molar-refractivity contribution in [3.8, 4) is 5.75 Å². The first kappa shape index (κ1) is 19.3. The quantitative estimate of drug-likeness (QED) is 0.312. The molecule has 0 aliphatic heterocycles. The van der Waals surface area contributed by atoms with Crippen molar-refractivity contribution in [1.29, 1.82) is 0 Å². The van der Waals surface area contributed by atoms with E-state index in [2.05, 4.69) is 47.0 Å². The lowest BCUT2D eigenvalue weighted by Crippen LogP contribution is -2.00. The van der Waals surface area contributed by atoms with Gasteiger partial charge in [0.1, 0.15) is 12.4 Å². The van der Waals surface area contributed by atoms with Crippen LogP contribution in [-0.2, 0) is 24.5 Å². The van der Waals surface area contributed by atoms with E-state index in [0.717, 1.165) is 37.1 Å². The Morgan fingerprint density at radius 1 is 0.759 bits per heavy atom. The summed E-state index contributed by atoms with van der Waals surface area (Å²) in [5.74, 6) is 0.879. The third-order valence-corrected chi connectivity index (χ3v) is 4.95. The van der Waals surface area contributed by atoms with Crippen molar-refractivity contribution in [3.05, 3.63) is 102 Å². The van der Waals surface area contributed by atoms with E-state index in [9.17, 15) is 0 Å². The van der Waals surface area contributed by atoms with Crippen LogP contribution in [-0.4, -0.2) is 11.2 Å². The number of hydrogen-bond donors (Lipinski definition) is 0. The van der Waals surface area contributed by atoms with Crippen molar-refractivity contribution >= 4 is 10.9 Å². The maximum Gasteiger partial charge on any atom is 0.120 e. The Balaban J connectivity index is 1.23. The molecule has 0 spiro atoms. The lowest BCUT2D eigenvalue weighted by atomic mass is 10.2. The van der Waals surface area contributed by atoms with Gasteiger partial charge in [0.25, 0.3) is 0 Å². The molecule has 1 heterocycles. The maximum absolute atomic E-state index is 5.93. The molecule has 0 saturated carbocycles. The monoisotopic (exact) mass is 384 g/mol. The van der Waals surface area contributed by atoms with Gasteiger partial charge in [-0.1, -0.05) is 60.7 Å². The fourth-order valence-corrected chi connectivity index (χ4v) is 3.36. The van der Waals surface area contributed by atoms with Crippen LogP contribution in [0.5, 0.6) is 5.75 Å². The Morgan fingerprint density at radius 2 is 1.48 bits per heavy atom. The number of rotatable bonds is 10. The molecule has 4 aromatic rings. The van der Waals surface area contributed by atoms with E-state index in [4.69, 9.17) is 9.47 Å². The average molecular weight is 384 g/mol. The number of benzene rings is 3. The van der Waals surface area contributed by atoms with Gasteiger partial charge in [0, 0.05) is 36.3 Å². The molecule has 0 atom stereocenters. The Bertz CT molecular complexity index is 1010. The van der Waals surface area contributed by atoms with Crippen LogP contribution < -0.4 is 4.74 Å². The van der Waals surface area contributed by atoms with E-state index < -0.39 is 0 Å². The van der Waals surface area contributed by atoms with E-state index in [1.165, 1.54) is 16.6 Å². The number of aromatic nitrogens is 1. The molecule has 0 N–H and O–H groups in total. The molecule has 3 heteroatoms. The number of hydrogen-bond acceptors (Lipinski definition) is 2. The molecular weight excluding hydrogens is 358 g/mol. The van der Waals surface area contributed by atoms with Gasteiger partial charge in [0.15, 0.2) is 0 Å². The topological polar surface area (TPSA) is 23.4 Å². The van der Waals surface area contributed by atoms with Gasteiger partial charge in [-0.3, -0.25) is 0 Å². The largest absolute Gasteiger partial charge is 0.489 e. The second kappa shape index (κ2) is 9.94. The fraction of sp³-hybridized carbons (Fsp3) is 0.231. The van der Waals surface area contributed by atoms with Gasteiger partial charge in [-0.15, -0.1) is 0 Å². The van der Waals surface area contributed by atoms with Gasteiger partial charge in [0.2, 0.25) is 0 Å². The molecule has 3 aromatic carbocycles. The zero-order chi connectivity index (χ0) is 19.7. The molecule has 29 heavy (non-hydrogen) atoms. The van der Waals surface area contributed by atoms with Crippen LogP contribution in [0.4, 0.5) is 0 Å². The molecule has 0 bridgehead atoms. The minimum atomic E-state index is 0.579. The molecule has 0 unspecified atom stereocenters. The minimum Gasteiger partial charge on any atom is -0.489 e. The molecule has 0 fully saturated rings. The highest BCUT2D eigenvalue weighted by Gasteiger charge is 2.04. The zero-order valence-corrected chi connectivity index (χ0v) is 16.6. The van der Waals surface area contributed by atoms with Crippen LogP contribution in [0.1, 0.15) is 24.0 Å². The summed E-state index contributed by atoms with van der Waals surface area (Å²) in [4.78, 5) is 0. The predicted octanol–water partition coefficient (Wildman–Crippen LogP) is 6.02. The molecule has 3 nitrogen and oxygen atoms in total. The van der Waals surface area contributed by atoms with Crippen molar-refractivity contribution in [2.45, 2.75) is 32.6 Å². The summed E-state index contributed by atoms with van der Waals surface area (Å²) in [5, 5.41) is 1.09. The van der Waals surface area contributed by atoms with E-state index >= 15 is 0 Å². The third-order valence-electron chi connectivity index (χ3n) is 4.95. The van der Waals surface area contributed by atoms with Gasteiger partial charge in [-0.05, 0) is 42.2 Å². The van der Waals surface area contributed by atoms with E-state index in [1.54, 1.807) is 0 Å². The van der Waals surface area contributed by atoms with Gasteiger partial charge >= 0.3 is 0 Å². The van der Waals surface area contributed by atoms with Crippen LogP contribution in [0.25, 0.3) is 10.9 Å². The van der Waals surface area contributed by atoms with E-state index in [-0.39, 0.29) is 0 Å². The fourth-order valence-electron chi connectivity index (χ4n) is 3.36. The zero-order valence-electron chi connectivity index (χ0n) is 16.6. The van der Waals surface area contributed by atoms with E-state index in [1.807, 2.05) is 48.7 Å². The lowest BCUT2D eigenvalue weighted by molar-refractivity contribution is 0.116. The first-order valence-corrected chi connectivity index (χ1v) is 10.2. The summed E-state index contributed by atoms with van der Waals surface area (Å²) < 4.78 is 14.0. The Hall–Kier alpha value is -3.04. The van der Waals surface area contributed by atoms with Gasteiger partial charge in [-0.2, -0.15) is 0 Å². The standard InChI is InChI=1S/C26H26NO2/c1-3-9-22(10-4-1)20-28-18-8-7-16-27-17-15-24-19-25(13-14-26(24)27)29-21-23-11-5-2-6-12-23/h1-6,9-14,17,19H,7-8,16,18,20-21H2. The normalized spacial score (nSPS) is 11.0. The molecule has 0 amide bonds. The number of fused-ring (bicyclic) bond motifs is 1. The Morgan fingerprint density at radius 3 is 2.24 bits per heavy atom. The summed E-state index contributed by atoms with van der Waals surface area (Å²) in [6.07, 6.45) is 4.17. The molecule has 4 rings (SSSR count). The van der Waals surface area contributed by atoms with Gasteiger partial charge < -0.3 is 14.0 Å². The summed E-state index contributed by atoms with van der Waals surface area (Å²) in [7, 11) is 0. The van der Waals surface area contributed by atoms with Gasteiger partial charge in [-0.25, -0.2) is 0 Å². The molecule has 0 saturated heterocycles. The molecular formula is C26H26NO2. The summed E-state index contributed by atoms with van der Waals surface area (Å²) >= 11 is 0. The van der Waals surface area contributed by atoms with Crippen LogP contribution in [0.15, 0.2) is 85.1 Å². The highest BCUT2D eigenvalue weighted by Crippen LogP contribution is 2.23. The van der Waals surface area contributed by atoms with Crippen molar-refractivity contribution in [2.75, 3.05) is 6.61 Å². The molecule has 147 valence electrons. The third kappa shape index (κ3) is 5.49. The number of aryl methyl sites for hydroxylation is 1. The maximum atomic E-state index is 5.93. The smallest absolute Gasteiger partial charge is 0.120 e. The van der Waals surface area contributed by atoms with Crippen molar-refractivity contribution in [1.82, 2.24) is 4.57 Å². The van der Waals surface area contributed by atoms with Crippen LogP contribution in [0.2, 0.25) is 0 Å². The molecule has 1 radical (unpaired) electrons. The lowest BCUT2D eigenvalue weighted by Gasteiger charge is -2.09. The minimum absolute atomic E-state index is 0.579. The summed E-state index contributed by atoms with van der Waals surface area (Å²) in [6, 6.07) is 30.1. The molecule has 0 aliphatic rings. The highest BCUT2D eigenvalue weighted by atomic mass is 16.5. The molecule has 1 aromatic heterocycles. The van der Waals surface area contributed by atoms with Crippen LogP contribution in [0, 0.1) is 6.07 Å². The van der Waals surface area contributed by atoms with Crippen molar-refractivity contribution in [3.63, 3.8) is 0 Å². The Kier molecular flexibility index (Phi) is 6.61. The Labute approximate surface area is 172 Å². The van der Waals surface area contributed by atoms with E-state index in [0.29, 0.717) is 13.2 Å². The summed E-state index contributed by atoms with van der Waals surface area (Å²) in [5.41, 5.74) is 3.59. The predicted molar refractivity (Wildman–Crippen MR) is 117 cm³/mol. The average Bonchev–Trinajstić information content (AvgIpc) is 3.18. The van der Waals surface area contributed by atoms with Crippen molar-refractivity contribution < 1.29 is 9.47 Å².